The average Bonchev–Trinajstić information content (AvgIpc) is 1.66. The molecule has 0 aromatic heterocycles. The zero-order chi connectivity index (χ0) is 6.41. The first kappa shape index (κ1) is 16.4. The molecule has 0 amide bonds. The van der Waals surface area contributed by atoms with Gasteiger partial charge in [-0.25, -0.2) is 0 Å². The fraction of sp³-hybridized carbons (Fsp3) is 1.00. The van der Waals surface area contributed by atoms with Crippen LogP contribution in [0.4, 0.5) is 0 Å². The van der Waals surface area contributed by atoms with Crippen molar-refractivity contribution in [2.45, 2.75) is 0 Å². The topological polar surface area (TPSA) is 40.4 Å². The van der Waals surface area contributed by atoms with E-state index in [-0.39, 0.29) is 19.5 Å². The molecule has 0 saturated heterocycles. The van der Waals surface area contributed by atoms with Gasteiger partial charge in [0.2, 0.25) is 0 Å². The number of hydroxylamine groups is 1. The van der Waals surface area contributed by atoms with Crippen molar-refractivity contribution < 1.29 is 28.9 Å². The zero-order valence-electron chi connectivity index (χ0n) is 6.22. The minimum atomic E-state index is -1.34. The molecule has 6 heteroatoms. The molecular weight excluding hydrogens is 495 g/mol. The Bertz CT molecular complexity index is 85.7. The molecule has 3 nitrogen and oxygen atoms in total. The molecule has 61 valence electrons. The van der Waals surface area contributed by atoms with Crippen LogP contribution in [0.15, 0.2) is 0 Å². The van der Waals surface area contributed by atoms with Crippen molar-refractivity contribution in [1.29, 1.82) is 0 Å². The molecule has 0 aliphatic heterocycles. The zero-order valence-corrected chi connectivity index (χ0v) is 15.3. The molecule has 0 aromatic rings. The summed E-state index contributed by atoms with van der Waals surface area (Å²) in [7, 11) is 0.220. The van der Waals surface area contributed by atoms with Gasteiger partial charge in [-0.05, 0) is 6.66 Å². The van der Waals surface area contributed by atoms with Crippen molar-refractivity contribution in [2.24, 2.45) is 0 Å². The van der Waals surface area contributed by atoms with Crippen LogP contribution in [-0.2, 0) is 28.9 Å². The molecular formula is C4H11NO2PRfRh-. The molecule has 0 aliphatic carbocycles. The molecule has 0 spiro atoms. The maximum atomic E-state index is 10.4. The minimum Gasteiger partial charge on any atom is -0.537 e. The van der Waals surface area contributed by atoms with Crippen molar-refractivity contribution in [3.8, 4) is 0 Å². The number of hydrogen-bond acceptors (Lipinski definition) is 2. The Morgan fingerprint density at radius 2 is 2.10 bits per heavy atom. The van der Waals surface area contributed by atoms with Crippen molar-refractivity contribution >= 4 is 7.80 Å². The van der Waals surface area contributed by atoms with E-state index < -0.39 is 7.80 Å². The van der Waals surface area contributed by atoms with Gasteiger partial charge in [0.25, 0.3) is 0 Å². The predicted molar refractivity (Wildman–Crippen MR) is 35.0 cm³/mol. The third-order valence-electron chi connectivity index (χ3n) is 0.675. The van der Waals surface area contributed by atoms with Crippen LogP contribution in [-0.4, -0.2) is 26.5 Å². The summed E-state index contributed by atoms with van der Waals surface area (Å²) in [5, 5.41) is 0. The van der Waals surface area contributed by atoms with Crippen LogP contribution >= 0.6 is 7.80 Å². The molecule has 10 heavy (non-hydrogen) atoms. The summed E-state index contributed by atoms with van der Waals surface area (Å²) in [4.78, 5) is 4.59. The summed E-state index contributed by atoms with van der Waals surface area (Å²) in [5.41, 5.74) is 3.39. The molecule has 0 fully saturated rings. The molecule has 0 heterocycles. The van der Waals surface area contributed by atoms with Crippen molar-refractivity contribution in [3.05, 3.63) is 5.48 Å². The largest absolute Gasteiger partial charge is 0.537 e. The number of hydrogen-bond donors (Lipinski definition) is 0. The SMILES string of the molecule is C[N-]OCC[PH](C)=O.[Rf].[Rh]. The van der Waals surface area contributed by atoms with Crippen LogP contribution in [0.2, 0.25) is 0 Å². The Kier molecular flexibility index (Phi) is 18.9. The quantitative estimate of drug-likeness (QED) is 0.248. The van der Waals surface area contributed by atoms with E-state index in [1.165, 1.54) is 0 Å². The summed E-state index contributed by atoms with van der Waals surface area (Å²) in [5.74, 6) is 0. The second kappa shape index (κ2) is 11.6. The fourth-order valence-corrected chi connectivity index (χ4v) is 0.659. The van der Waals surface area contributed by atoms with E-state index in [1.54, 1.807) is 13.7 Å². The molecule has 0 rings (SSSR count). The Morgan fingerprint density at radius 1 is 1.60 bits per heavy atom. The number of nitrogens with zero attached hydrogens (tertiary/aromatic N) is 1. The van der Waals surface area contributed by atoms with Gasteiger partial charge in [0, 0.05) is 32.2 Å². The van der Waals surface area contributed by atoms with Gasteiger partial charge in [0.05, 0.1) is 7.80 Å². The van der Waals surface area contributed by atoms with Crippen LogP contribution < -0.4 is 0 Å². The van der Waals surface area contributed by atoms with Gasteiger partial charge in [-0.2, -0.15) is 0 Å². The van der Waals surface area contributed by atoms with Crippen LogP contribution in [0.3, 0.4) is 0 Å². The van der Waals surface area contributed by atoms with Crippen molar-refractivity contribution in [2.75, 3.05) is 26.5 Å². The van der Waals surface area contributed by atoms with Gasteiger partial charge in [0.15, 0.2) is 0 Å². The maximum Gasteiger partial charge on any atom is 0.0754 e. The smallest absolute Gasteiger partial charge is 0.0754 e. The summed E-state index contributed by atoms with van der Waals surface area (Å²) < 4.78 is 10.4. The first-order chi connectivity index (χ1) is 3.77. The van der Waals surface area contributed by atoms with E-state index in [4.69, 9.17) is 0 Å². The van der Waals surface area contributed by atoms with Gasteiger partial charge in [-0.1, -0.05) is 0 Å². The second-order valence-corrected chi connectivity index (χ2v) is 3.37. The molecule has 1 unspecified atom stereocenters. The molecule has 1 radical (unpaired) electrons. The molecule has 0 bridgehead atoms. The summed E-state index contributed by atoms with van der Waals surface area (Å²) in [6.07, 6.45) is 0.641. The molecule has 0 aliphatic rings. The van der Waals surface area contributed by atoms with E-state index in [9.17, 15) is 4.57 Å². The van der Waals surface area contributed by atoms with E-state index in [2.05, 4.69) is 10.3 Å². The first-order valence-corrected chi connectivity index (χ1v) is 4.59. The standard InChI is InChI=1S/C4H11NO2P.Rf.Rh/c1-5-7-3-4-8(2)6;;/h8H,3-4H2,1-2H3;;/q-1;;. The van der Waals surface area contributed by atoms with Crippen molar-refractivity contribution in [3.63, 3.8) is 0 Å². The van der Waals surface area contributed by atoms with Gasteiger partial charge < -0.3 is 14.9 Å². The van der Waals surface area contributed by atoms with E-state index in [1.807, 2.05) is 0 Å². The molecule has 0 N–H and O–H groups in total. The van der Waals surface area contributed by atoms with Crippen molar-refractivity contribution in [1.82, 2.24) is 0 Å². The number of rotatable bonds is 4. The third kappa shape index (κ3) is 15.7. The summed E-state index contributed by atoms with van der Waals surface area (Å²) >= 11 is 0. The Hall–Kier alpha value is -0.227. The average molecular weight is 506 g/mol. The first-order valence-electron chi connectivity index (χ1n) is 2.48. The Morgan fingerprint density at radius 3 is 2.40 bits per heavy atom. The van der Waals surface area contributed by atoms with Gasteiger partial charge in [0.1, 0.15) is 0 Å². The van der Waals surface area contributed by atoms with E-state index in [0.29, 0.717) is 12.8 Å². The summed E-state index contributed by atoms with van der Waals surface area (Å²) in [6, 6.07) is 0. The second-order valence-electron chi connectivity index (χ2n) is 1.47. The van der Waals surface area contributed by atoms with Crippen LogP contribution in [0.1, 0.15) is 0 Å². The third-order valence-corrected chi connectivity index (χ3v) is 1.58. The van der Waals surface area contributed by atoms with E-state index >= 15 is 0 Å². The molecule has 1 atom stereocenters. The monoisotopic (exact) mass is 506 g/mol. The van der Waals surface area contributed by atoms with Crippen LogP contribution in [0, 0.1) is 0 Å². The maximum absolute atomic E-state index is 10.4. The van der Waals surface area contributed by atoms with Crippen LogP contribution in [0.25, 0.3) is 5.48 Å². The fourth-order valence-electron chi connectivity index (χ4n) is 0.281. The van der Waals surface area contributed by atoms with Gasteiger partial charge in [-0.15, -0.1) is 7.05 Å². The van der Waals surface area contributed by atoms with Gasteiger partial charge in [-0.3, -0.25) is 0 Å². The molecule has 0 saturated carbocycles. The predicted octanol–water partition coefficient (Wildman–Crippen LogP) is 1.11. The Balaban J connectivity index is -0.000000245. The normalized spacial score (nSPS) is 11.0. The van der Waals surface area contributed by atoms with Crippen LogP contribution in [0.5, 0.6) is 0 Å². The minimum absolute atomic E-state index is 0. The van der Waals surface area contributed by atoms with E-state index in [0.717, 1.165) is 0 Å². The summed E-state index contributed by atoms with van der Waals surface area (Å²) in [6.45, 7) is 2.20. The molecule has 0 aromatic carbocycles. The Labute approximate surface area is 69.0 Å². The van der Waals surface area contributed by atoms with Gasteiger partial charge >= 0.3 is 0 Å².